The summed E-state index contributed by atoms with van der Waals surface area (Å²) in [5, 5.41) is 0. The normalized spacial score (nSPS) is 19.7. The van der Waals surface area contributed by atoms with Crippen LogP contribution in [-0.2, 0) is 0 Å². The maximum atomic E-state index is 14.4. The fourth-order valence-electron chi connectivity index (χ4n) is 3.63. The SMILES string of the molecule is CCCC(C)CCCC1CCC(c2cc(F)c(F)c(F)c2)=C(F)C1. The average Bonchev–Trinajstić information content (AvgIpc) is 2.52. The Kier molecular flexibility index (Phi) is 6.88. The highest BCUT2D eigenvalue weighted by Gasteiger charge is 2.24. The van der Waals surface area contributed by atoms with Crippen LogP contribution in [0.1, 0.15) is 70.8 Å². The summed E-state index contributed by atoms with van der Waals surface area (Å²) in [7, 11) is 0. The predicted molar refractivity (Wildman–Crippen MR) is 89.6 cm³/mol. The first-order valence-corrected chi connectivity index (χ1v) is 8.94. The molecule has 0 aromatic heterocycles. The molecule has 24 heavy (non-hydrogen) atoms. The van der Waals surface area contributed by atoms with Crippen molar-refractivity contribution in [2.75, 3.05) is 0 Å². The Morgan fingerprint density at radius 2 is 1.75 bits per heavy atom. The first-order chi connectivity index (χ1) is 11.4. The molecule has 1 aromatic carbocycles. The van der Waals surface area contributed by atoms with Crippen LogP contribution in [0.5, 0.6) is 0 Å². The lowest BCUT2D eigenvalue weighted by Crippen LogP contribution is -2.10. The summed E-state index contributed by atoms with van der Waals surface area (Å²) in [5.41, 5.74) is 0.447. The molecule has 2 rings (SSSR count). The molecule has 2 atom stereocenters. The number of hydrogen-bond donors (Lipinski definition) is 0. The zero-order valence-electron chi connectivity index (χ0n) is 14.5. The molecule has 0 saturated heterocycles. The molecule has 0 nitrogen and oxygen atoms in total. The standard InChI is InChI=1S/C20H26F4/c1-3-5-13(2)6-4-7-14-8-9-16(17(21)10-14)15-11-18(22)20(24)19(23)12-15/h11-14H,3-10H2,1-2H3. The summed E-state index contributed by atoms with van der Waals surface area (Å²) < 4.78 is 54.1. The van der Waals surface area contributed by atoms with E-state index in [0.29, 0.717) is 24.3 Å². The Balaban J connectivity index is 1.96. The van der Waals surface area contributed by atoms with Crippen LogP contribution in [0.3, 0.4) is 0 Å². The van der Waals surface area contributed by atoms with Crippen molar-refractivity contribution < 1.29 is 17.6 Å². The molecule has 1 aliphatic rings. The first kappa shape index (κ1) is 19.0. The Labute approximate surface area is 142 Å². The summed E-state index contributed by atoms with van der Waals surface area (Å²) in [4.78, 5) is 0. The van der Waals surface area contributed by atoms with E-state index in [1.807, 2.05) is 0 Å². The number of halogens is 4. The third kappa shape index (κ3) is 4.84. The van der Waals surface area contributed by atoms with Gasteiger partial charge in [0.05, 0.1) is 0 Å². The molecule has 0 aliphatic heterocycles. The van der Waals surface area contributed by atoms with Gasteiger partial charge in [-0.1, -0.05) is 46.0 Å². The average molecular weight is 342 g/mol. The molecule has 0 radical (unpaired) electrons. The highest BCUT2D eigenvalue weighted by molar-refractivity contribution is 5.68. The van der Waals surface area contributed by atoms with Gasteiger partial charge in [-0.15, -0.1) is 0 Å². The lowest BCUT2D eigenvalue weighted by atomic mass is 9.82. The van der Waals surface area contributed by atoms with Crippen molar-refractivity contribution in [1.29, 1.82) is 0 Å². The minimum absolute atomic E-state index is 0.124. The molecule has 0 saturated carbocycles. The van der Waals surface area contributed by atoms with E-state index in [-0.39, 0.29) is 17.3 Å². The van der Waals surface area contributed by atoms with E-state index in [4.69, 9.17) is 0 Å². The molecule has 0 fully saturated rings. The van der Waals surface area contributed by atoms with Crippen molar-refractivity contribution in [2.24, 2.45) is 11.8 Å². The lowest BCUT2D eigenvalue weighted by Gasteiger charge is -2.24. The van der Waals surface area contributed by atoms with Gasteiger partial charge in [0.1, 0.15) is 5.83 Å². The number of hydrogen-bond acceptors (Lipinski definition) is 0. The van der Waals surface area contributed by atoms with E-state index >= 15 is 0 Å². The maximum Gasteiger partial charge on any atom is 0.194 e. The fraction of sp³-hybridized carbons (Fsp3) is 0.600. The molecular weight excluding hydrogens is 316 g/mol. The molecule has 1 aromatic rings. The zero-order chi connectivity index (χ0) is 17.7. The van der Waals surface area contributed by atoms with Gasteiger partial charge in [-0.2, -0.15) is 0 Å². The van der Waals surface area contributed by atoms with E-state index in [0.717, 1.165) is 37.8 Å². The Morgan fingerprint density at radius 3 is 2.33 bits per heavy atom. The number of rotatable bonds is 7. The van der Waals surface area contributed by atoms with E-state index in [9.17, 15) is 17.6 Å². The van der Waals surface area contributed by atoms with Crippen LogP contribution in [-0.4, -0.2) is 0 Å². The van der Waals surface area contributed by atoms with E-state index in [1.54, 1.807) is 0 Å². The van der Waals surface area contributed by atoms with Gasteiger partial charge in [0.2, 0.25) is 0 Å². The van der Waals surface area contributed by atoms with Gasteiger partial charge in [-0.25, -0.2) is 17.6 Å². The molecular formula is C20H26F4. The molecule has 0 amide bonds. The smallest absolute Gasteiger partial charge is 0.194 e. The van der Waals surface area contributed by atoms with Crippen LogP contribution in [0.25, 0.3) is 5.57 Å². The highest BCUT2D eigenvalue weighted by atomic mass is 19.2. The minimum atomic E-state index is -1.50. The minimum Gasteiger partial charge on any atom is -0.211 e. The zero-order valence-corrected chi connectivity index (χ0v) is 14.5. The molecule has 0 bridgehead atoms. The van der Waals surface area contributed by atoms with Crippen molar-refractivity contribution >= 4 is 5.57 Å². The Morgan fingerprint density at radius 1 is 1.08 bits per heavy atom. The third-order valence-electron chi connectivity index (χ3n) is 5.02. The summed E-state index contributed by atoms with van der Waals surface area (Å²) in [6, 6.07) is 1.78. The van der Waals surface area contributed by atoms with Crippen LogP contribution in [0.15, 0.2) is 18.0 Å². The summed E-state index contributed by atoms with van der Waals surface area (Å²) in [6.07, 6.45) is 7.24. The molecule has 0 spiro atoms. The van der Waals surface area contributed by atoms with Crippen LogP contribution in [0.2, 0.25) is 0 Å². The van der Waals surface area contributed by atoms with E-state index in [2.05, 4.69) is 13.8 Å². The maximum absolute atomic E-state index is 14.4. The largest absolute Gasteiger partial charge is 0.211 e. The van der Waals surface area contributed by atoms with Gasteiger partial charge >= 0.3 is 0 Å². The van der Waals surface area contributed by atoms with E-state index < -0.39 is 17.5 Å². The van der Waals surface area contributed by atoms with Crippen molar-refractivity contribution in [1.82, 2.24) is 0 Å². The van der Waals surface area contributed by atoms with Gasteiger partial charge in [0.15, 0.2) is 17.5 Å². The molecule has 1 aliphatic carbocycles. The number of benzene rings is 1. The van der Waals surface area contributed by atoms with Crippen molar-refractivity contribution in [3.63, 3.8) is 0 Å². The van der Waals surface area contributed by atoms with Gasteiger partial charge in [0, 0.05) is 6.42 Å². The van der Waals surface area contributed by atoms with Gasteiger partial charge < -0.3 is 0 Å². The van der Waals surface area contributed by atoms with Crippen LogP contribution in [0, 0.1) is 29.3 Å². The van der Waals surface area contributed by atoms with Crippen molar-refractivity contribution in [2.45, 2.75) is 65.2 Å². The van der Waals surface area contributed by atoms with Gasteiger partial charge in [-0.05, 0) is 47.9 Å². The second-order valence-electron chi connectivity index (χ2n) is 7.07. The van der Waals surface area contributed by atoms with Crippen molar-refractivity contribution in [3.05, 3.63) is 41.0 Å². The molecule has 4 heteroatoms. The monoisotopic (exact) mass is 342 g/mol. The van der Waals surface area contributed by atoms with Crippen LogP contribution >= 0.6 is 0 Å². The van der Waals surface area contributed by atoms with Crippen molar-refractivity contribution in [3.8, 4) is 0 Å². The molecule has 2 unspecified atom stereocenters. The van der Waals surface area contributed by atoms with Gasteiger partial charge in [0.25, 0.3) is 0 Å². The summed E-state index contributed by atoms with van der Waals surface area (Å²) >= 11 is 0. The van der Waals surface area contributed by atoms with E-state index in [1.165, 1.54) is 12.8 Å². The molecule has 0 N–H and O–H groups in total. The van der Waals surface area contributed by atoms with Crippen LogP contribution < -0.4 is 0 Å². The number of allylic oxidation sites excluding steroid dienone is 2. The second-order valence-corrected chi connectivity index (χ2v) is 7.07. The first-order valence-electron chi connectivity index (χ1n) is 8.94. The second kappa shape index (κ2) is 8.68. The van der Waals surface area contributed by atoms with Crippen LogP contribution in [0.4, 0.5) is 17.6 Å². The molecule has 0 heterocycles. The summed E-state index contributed by atoms with van der Waals surface area (Å²) in [6.45, 7) is 4.43. The third-order valence-corrected chi connectivity index (χ3v) is 5.02. The highest BCUT2D eigenvalue weighted by Crippen LogP contribution is 2.39. The van der Waals surface area contributed by atoms with Gasteiger partial charge in [-0.3, -0.25) is 0 Å². The lowest BCUT2D eigenvalue weighted by molar-refractivity contribution is 0.360. The summed E-state index contributed by atoms with van der Waals surface area (Å²) in [5.74, 6) is -3.35. The quantitative estimate of drug-likeness (QED) is 0.363. The predicted octanol–water partition coefficient (Wildman–Crippen LogP) is 7.19. The molecule has 134 valence electrons. The Bertz CT molecular complexity index is 568. The topological polar surface area (TPSA) is 0 Å². The Hall–Kier alpha value is -1.32. The fourth-order valence-corrected chi connectivity index (χ4v) is 3.63.